The molecule has 2 aromatic heterocycles. The van der Waals surface area contributed by atoms with Crippen molar-refractivity contribution in [2.75, 3.05) is 13.1 Å². The molecule has 4 rings (SSSR count). The molecular formula is C26H24N4O2. The first-order chi connectivity index (χ1) is 15.7. The summed E-state index contributed by atoms with van der Waals surface area (Å²) in [5.74, 6) is 0.433. The number of piperidine rings is 1. The summed E-state index contributed by atoms with van der Waals surface area (Å²) in [7, 11) is 0. The zero-order chi connectivity index (χ0) is 22.9. The van der Waals surface area contributed by atoms with Crippen LogP contribution in [0.4, 0.5) is 0 Å². The Hall–Kier alpha value is -4.16. The van der Waals surface area contributed by atoms with Gasteiger partial charge in [-0.2, -0.15) is 5.26 Å². The maximum Gasteiger partial charge on any atom is 0.254 e. The topological polar surface area (TPSA) is 79.1 Å². The fourth-order valence-corrected chi connectivity index (χ4v) is 3.73. The van der Waals surface area contributed by atoms with E-state index in [0.29, 0.717) is 30.1 Å². The van der Waals surface area contributed by atoms with Crippen molar-refractivity contribution in [3.63, 3.8) is 0 Å². The van der Waals surface area contributed by atoms with E-state index in [2.05, 4.69) is 28.9 Å². The highest BCUT2D eigenvalue weighted by Crippen LogP contribution is 2.26. The van der Waals surface area contributed by atoms with Gasteiger partial charge in [-0.3, -0.25) is 9.78 Å². The minimum absolute atomic E-state index is 0.0278. The minimum atomic E-state index is -0.162. The fraction of sp³-hybridized carbons (Fsp3) is 0.231. The summed E-state index contributed by atoms with van der Waals surface area (Å²) in [6.07, 6.45) is 14.5. The van der Waals surface area contributed by atoms with E-state index in [4.69, 9.17) is 4.74 Å². The minimum Gasteiger partial charge on any atom is -0.472 e. The Bertz CT molecular complexity index is 1140. The molecule has 3 heterocycles. The summed E-state index contributed by atoms with van der Waals surface area (Å²) in [6, 6.07) is 15.4. The molecule has 6 nitrogen and oxygen atoms in total. The number of benzene rings is 1. The number of carbonyl (C=O) groups excluding carboxylic acids is 1. The van der Waals surface area contributed by atoms with Gasteiger partial charge in [0.05, 0.1) is 23.7 Å². The van der Waals surface area contributed by atoms with Gasteiger partial charge in [-0.15, -0.1) is 12.8 Å². The van der Waals surface area contributed by atoms with Crippen LogP contribution in [-0.2, 0) is 0 Å². The van der Waals surface area contributed by atoms with Gasteiger partial charge in [0.25, 0.3) is 5.91 Å². The van der Waals surface area contributed by atoms with Gasteiger partial charge in [0.15, 0.2) is 0 Å². The maximum atomic E-state index is 13.3. The number of pyridine rings is 2. The predicted octanol–water partition coefficient (Wildman–Crippen LogP) is 4.26. The third-order valence-corrected chi connectivity index (χ3v) is 5.36. The number of rotatable bonds is 4. The van der Waals surface area contributed by atoms with E-state index in [1.54, 1.807) is 30.7 Å². The van der Waals surface area contributed by atoms with E-state index >= 15 is 0 Å². The number of hydrogen-bond acceptors (Lipinski definition) is 5. The van der Waals surface area contributed by atoms with E-state index in [1.165, 1.54) is 0 Å². The molecule has 0 radical (unpaired) electrons. The molecular weight excluding hydrogens is 400 g/mol. The number of hydrogen-bond donors (Lipinski definition) is 0. The van der Waals surface area contributed by atoms with Gasteiger partial charge in [0.2, 0.25) is 5.88 Å². The summed E-state index contributed by atoms with van der Waals surface area (Å²) in [5.41, 5.74) is 3.70. The average molecular weight is 425 g/mol. The molecule has 1 aromatic carbocycles. The van der Waals surface area contributed by atoms with Crippen LogP contribution in [0.3, 0.4) is 0 Å². The standard InChI is InChI=1S/C24H22N4O2.C2H2/c1-17-19(14-25)9-12-27-23(17)30-20-8-5-13-28(16-20)24(29)21-10-11-26-15-22(21)18-6-3-2-4-7-18;1-2/h2-4,6-7,9-12,15,20H,5,8,13,16H2,1H3;1-2H/t20-;/m1./s1. The molecule has 6 heteroatoms. The number of amides is 1. The van der Waals surface area contributed by atoms with Crippen molar-refractivity contribution < 1.29 is 9.53 Å². The SMILES string of the molecule is C#C.Cc1c(C#N)ccnc1O[C@@H]1CCCN(C(=O)c2ccncc2-c2ccccc2)C1. The smallest absolute Gasteiger partial charge is 0.254 e. The number of carbonyl (C=O) groups is 1. The molecule has 1 fully saturated rings. The van der Waals surface area contributed by atoms with Crippen molar-refractivity contribution in [1.29, 1.82) is 5.26 Å². The molecule has 1 aliphatic heterocycles. The second kappa shape index (κ2) is 10.7. The van der Waals surface area contributed by atoms with Crippen molar-refractivity contribution >= 4 is 5.91 Å². The second-order valence-electron chi connectivity index (χ2n) is 7.32. The predicted molar refractivity (Wildman–Crippen MR) is 123 cm³/mol. The lowest BCUT2D eigenvalue weighted by Gasteiger charge is -2.33. The highest BCUT2D eigenvalue weighted by molar-refractivity contribution is 6.00. The molecule has 0 aliphatic carbocycles. The van der Waals surface area contributed by atoms with Crippen LogP contribution in [0.5, 0.6) is 5.88 Å². The van der Waals surface area contributed by atoms with Gasteiger partial charge in [-0.1, -0.05) is 30.3 Å². The summed E-state index contributed by atoms with van der Waals surface area (Å²) in [5, 5.41) is 9.22. The first-order valence-corrected chi connectivity index (χ1v) is 10.3. The van der Waals surface area contributed by atoms with Crippen LogP contribution in [0.1, 0.15) is 34.3 Å². The Morgan fingerprint density at radius 1 is 1.19 bits per heavy atom. The second-order valence-corrected chi connectivity index (χ2v) is 7.32. The summed E-state index contributed by atoms with van der Waals surface area (Å²) in [4.78, 5) is 23.7. The molecule has 0 unspecified atom stereocenters. The molecule has 1 aliphatic rings. The lowest BCUT2D eigenvalue weighted by atomic mass is 10.00. The molecule has 1 atom stereocenters. The van der Waals surface area contributed by atoms with E-state index in [-0.39, 0.29) is 12.0 Å². The van der Waals surface area contributed by atoms with Gasteiger partial charge in [-0.25, -0.2) is 4.98 Å². The van der Waals surface area contributed by atoms with Gasteiger partial charge in [0, 0.05) is 36.3 Å². The third kappa shape index (κ3) is 4.94. The van der Waals surface area contributed by atoms with Crippen molar-refractivity contribution in [3.05, 3.63) is 77.7 Å². The molecule has 160 valence electrons. The molecule has 0 bridgehead atoms. The average Bonchev–Trinajstić information content (AvgIpc) is 2.87. The first kappa shape index (κ1) is 22.5. The molecule has 1 saturated heterocycles. The van der Waals surface area contributed by atoms with E-state index < -0.39 is 0 Å². The highest BCUT2D eigenvalue weighted by Gasteiger charge is 2.28. The Kier molecular flexibility index (Phi) is 7.56. The van der Waals surface area contributed by atoms with Crippen molar-refractivity contribution in [2.45, 2.75) is 25.9 Å². The maximum absolute atomic E-state index is 13.3. The molecule has 3 aromatic rings. The van der Waals surface area contributed by atoms with Crippen LogP contribution < -0.4 is 4.74 Å². The van der Waals surface area contributed by atoms with Crippen LogP contribution in [0.2, 0.25) is 0 Å². The Morgan fingerprint density at radius 3 is 2.72 bits per heavy atom. The van der Waals surface area contributed by atoms with Crippen molar-refractivity contribution in [2.24, 2.45) is 0 Å². The largest absolute Gasteiger partial charge is 0.472 e. The lowest BCUT2D eigenvalue weighted by Crippen LogP contribution is -2.44. The normalized spacial score (nSPS) is 15.1. The van der Waals surface area contributed by atoms with Crippen LogP contribution in [0.25, 0.3) is 11.1 Å². The van der Waals surface area contributed by atoms with Crippen LogP contribution in [0.15, 0.2) is 61.1 Å². The van der Waals surface area contributed by atoms with Gasteiger partial charge >= 0.3 is 0 Å². The zero-order valence-corrected chi connectivity index (χ0v) is 17.9. The number of aromatic nitrogens is 2. The fourth-order valence-electron chi connectivity index (χ4n) is 3.73. The van der Waals surface area contributed by atoms with Crippen LogP contribution in [0, 0.1) is 31.1 Å². The Morgan fingerprint density at radius 2 is 1.97 bits per heavy atom. The number of ether oxygens (including phenoxy) is 1. The summed E-state index contributed by atoms with van der Waals surface area (Å²) in [6.45, 7) is 2.99. The number of likely N-dealkylation sites (tertiary alicyclic amines) is 1. The highest BCUT2D eigenvalue weighted by atomic mass is 16.5. The first-order valence-electron chi connectivity index (χ1n) is 10.3. The summed E-state index contributed by atoms with van der Waals surface area (Å²) >= 11 is 0. The van der Waals surface area contributed by atoms with Crippen molar-refractivity contribution in [1.82, 2.24) is 14.9 Å². The Labute approximate surface area is 188 Å². The van der Waals surface area contributed by atoms with Gasteiger partial charge < -0.3 is 9.64 Å². The van der Waals surface area contributed by atoms with Crippen LogP contribution >= 0.6 is 0 Å². The quantitative estimate of drug-likeness (QED) is 0.585. The molecule has 0 saturated carbocycles. The van der Waals surface area contributed by atoms with Gasteiger partial charge in [-0.05, 0) is 37.5 Å². The Balaban J connectivity index is 0.00000141. The third-order valence-electron chi connectivity index (χ3n) is 5.36. The van der Waals surface area contributed by atoms with E-state index in [0.717, 1.165) is 29.5 Å². The molecule has 32 heavy (non-hydrogen) atoms. The lowest BCUT2D eigenvalue weighted by molar-refractivity contribution is 0.0526. The van der Waals surface area contributed by atoms with E-state index in [9.17, 15) is 10.1 Å². The number of nitriles is 1. The molecule has 1 amide bonds. The van der Waals surface area contributed by atoms with Gasteiger partial charge in [0.1, 0.15) is 6.10 Å². The van der Waals surface area contributed by atoms with E-state index in [1.807, 2.05) is 42.2 Å². The summed E-state index contributed by atoms with van der Waals surface area (Å²) < 4.78 is 6.09. The monoisotopic (exact) mass is 424 g/mol. The van der Waals surface area contributed by atoms with Crippen LogP contribution in [-0.4, -0.2) is 40.0 Å². The van der Waals surface area contributed by atoms with Crippen molar-refractivity contribution in [3.8, 4) is 35.9 Å². The number of nitrogens with zero attached hydrogens (tertiary/aromatic N) is 4. The number of terminal acetylenes is 1. The molecule has 0 N–H and O–H groups in total. The molecule has 0 spiro atoms. The zero-order valence-electron chi connectivity index (χ0n) is 17.9.